The van der Waals surface area contributed by atoms with Gasteiger partial charge in [-0.2, -0.15) is 0 Å². The lowest BCUT2D eigenvalue weighted by Gasteiger charge is -2.33. The van der Waals surface area contributed by atoms with Gasteiger partial charge >= 0.3 is 0 Å². The van der Waals surface area contributed by atoms with Crippen LogP contribution in [0.25, 0.3) is 5.57 Å². The molecule has 0 saturated carbocycles. The Morgan fingerprint density at radius 2 is 1.84 bits per heavy atom. The van der Waals surface area contributed by atoms with Gasteiger partial charge in [0.1, 0.15) is 0 Å². The number of dihydropyridines is 1. The van der Waals surface area contributed by atoms with Crippen LogP contribution in [0, 0.1) is 0 Å². The largest absolute Gasteiger partial charge is 0.380 e. The van der Waals surface area contributed by atoms with Crippen LogP contribution in [-0.2, 0) is 17.6 Å². The molecule has 3 aliphatic rings. The van der Waals surface area contributed by atoms with E-state index in [1.807, 2.05) is 24.3 Å². The number of fused-ring (bicyclic) bond motifs is 2. The number of benzene rings is 2. The molecule has 1 fully saturated rings. The van der Waals surface area contributed by atoms with Gasteiger partial charge in [0.25, 0.3) is 0 Å². The van der Waals surface area contributed by atoms with Gasteiger partial charge in [-0.25, -0.2) is 0 Å². The molecule has 2 aliphatic heterocycles. The summed E-state index contributed by atoms with van der Waals surface area (Å²) in [7, 11) is 0. The van der Waals surface area contributed by atoms with E-state index in [1.54, 1.807) is 0 Å². The molecule has 2 heterocycles. The fourth-order valence-electron chi connectivity index (χ4n) is 5.23. The number of halogens is 1. The number of carbonyl (C=O) groups is 1. The van der Waals surface area contributed by atoms with Crippen LogP contribution in [-0.4, -0.2) is 29.9 Å². The zero-order valence-electron chi connectivity index (χ0n) is 18.3. The lowest BCUT2D eigenvalue weighted by atomic mass is 9.85. The molecule has 2 aromatic rings. The number of nitrogens with one attached hydrogen (secondary N) is 1. The number of likely N-dealkylation sites (tertiary alicyclic amines) is 1. The molecule has 0 bridgehead atoms. The molecule has 5 rings (SSSR count). The smallest absolute Gasteiger partial charge is 0.222 e. The summed E-state index contributed by atoms with van der Waals surface area (Å²) in [5.41, 5.74) is 8.19. The number of aryl methyl sites for hydroxylation is 2. The Labute approximate surface area is 195 Å². The Morgan fingerprint density at radius 1 is 1.03 bits per heavy atom. The van der Waals surface area contributed by atoms with Crippen LogP contribution >= 0.6 is 11.6 Å². The van der Waals surface area contributed by atoms with E-state index in [4.69, 9.17) is 11.6 Å². The van der Waals surface area contributed by atoms with E-state index in [9.17, 15) is 4.79 Å². The second-order valence-corrected chi connectivity index (χ2v) is 9.32. The quantitative estimate of drug-likeness (QED) is 0.657. The van der Waals surface area contributed by atoms with Crippen molar-refractivity contribution in [3.8, 4) is 0 Å². The number of rotatable bonds is 3. The molecule has 1 saturated heterocycles. The van der Waals surface area contributed by atoms with E-state index in [-0.39, 0.29) is 11.9 Å². The topological polar surface area (TPSA) is 32.3 Å². The summed E-state index contributed by atoms with van der Waals surface area (Å²) in [6.45, 7) is 1.61. The zero-order chi connectivity index (χ0) is 21.9. The summed E-state index contributed by atoms with van der Waals surface area (Å²) < 4.78 is 0. The van der Waals surface area contributed by atoms with E-state index in [0.717, 1.165) is 50.2 Å². The first-order chi connectivity index (χ1) is 15.7. The van der Waals surface area contributed by atoms with Crippen molar-refractivity contribution in [1.82, 2.24) is 10.2 Å². The molecule has 0 spiro atoms. The van der Waals surface area contributed by atoms with Crippen molar-refractivity contribution in [2.24, 2.45) is 0 Å². The van der Waals surface area contributed by atoms with Crippen LogP contribution in [0.5, 0.6) is 0 Å². The lowest BCUT2D eigenvalue weighted by molar-refractivity contribution is -0.131. The fourth-order valence-corrected chi connectivity index (χ4v) is 5.43. The van der Waals surface area contributed by atoms with E-state index in [1.165, 1.54) is 33.4 Å². The normalized spacial score (nSPS) is 20.1. The van der Waals surface area contributed by atoms with Crippen molar-refractivity contribution in [3.05, 3.63) is 99.7 Å². The Kier molecular flexibility index (Phi) is 6.18. The van der Waals surface area contributed by atoms with Crippen molar-refractivity contribution in [2.45, 2.75) is 44.6 Å². The SMILES string of the molecule is O=C(CCc1ccccc1)N1CCC(=C2c3ccc(Cl)cc3CCC3=CC=CNC32)CC1. The second-order valence-electron chi connectivity index (χ2n) is 8.89. The molecule has 1 amide bonds. The van der Waals surface area contributed by atoms with Crippen LogP contribution in [0.15, 0.2) is 78.0 Å². The molecule has 4 heteroatoms. The molecule has 164 valence electrons. The van der Waals surface area contributed by atoms with Crippen molar-refractivity contribution in [2.75, 3.05) is 13.1 Å². The van der Waals surface area contributed by atoms with Gasteiger partial charge in [-0.15, -0.1) is 0 Å². The Bertz CT molecular complexity index is 1090. The predicted octanol–water partition coefficient (Wildman–Crippen LogP) is 5.71. The van der Waals surface area contributed by atoms with Crippen molar-refractivity contribution >= 4 is 23.1 Å². The maximum absolute atomic E-state index is 12.8. The van der Waals surface area contributed by atoms with Gasteiger partial charge in [0.05, 0.1) is 6.04 Å². The minimum absolute atomic E-state index is 0.220. The summed E-state index contributed by atoms with van der Waals surface area (Å²) in [5.74, 6) is 0.269. The van der Waals surface area contributed by atoms with E-state index >= 15 is 0 Å². The Balaban J connectivity index is 1.35. The molecule has 1 aliphatic carbocycles. The van der Waals surface area contributed by atoms with Crippen molar-refractivity contribution in [1.29, 1.82) is 0 Å². The van der Waals surface area contributed by atoms with Crippen LogP contribution in [0.2, 0.25) is 5.02 Å². The molecule has 1 unspecified atom stereocenters. The number of allylic oxidation sites excluding steroid dienone is 2. The summed E-state index contributed by atoms with van der Waals surface area (Å²) in [5, 5.41) is 4.42. The highest BCUT2D eigenvalue weighted by Crippen LogP contribution is 2.39. The van der Waals surface area contributed by atoms with Gasteiger partial charge in [0.15, 0.2) is 0 Å². The number of hydrogen-bond acceptors (Lipinski definition) is 2. The number of carbonyl (C=O) groups excluding carboxylic acids is 1. The highest BCUT2D eigenvalue weighted by molar-refractivity contribution is 6.30. The molecule has 2 aromatic carbocycles. The first-order valence-electron chi connectivity index (χ1n) is 11.6. The number of amides is 1. The first-order valence-corrected chi connectivity index (χ1v) is 12.0. The minimum atomic E-state index is 0.220. The average molecular weight is 445 g/mol. The Morgan fingerprint density at radius 3 is 2.66 bits per heavy atom. The second kappa shape index (κ2) is 9.38. The molecule has 1 N–H and O–H groups in total. The van der Waals surface area contributed by atoms with Crippen LogP contribution in [0.3, 0.4) is 0 Å². The summed E-state index contributed by atoms with van der Waals surface area (Å²) in [4.78, 5) is 14.9. The molecule has 3 nitrogen and oxygen atoms in total. The van der Waals surface area contributed by atoms with Gasteiger partial charge in [0.2, 0.25) is 5.91 Å². The van der Waals surface area contributed by atoms with E-state index in [0.29, 0.717) is 6.42 Å². The van der Waals surface area contributed by atoms with Gasteiger partial charge in [-0.05, 0) is 84.3 Å². The van der Waals surface area contributed by atoms with Crippen molar-refractivity contribution < 1.29 is 4.79 Å². The molecule has 1 atom stereocenters. The molecule has 0 aromatic heterocycles. The standard InChI is InChI=1S/C28H29ClN2O/c29-24-11-12-25-23(19-24)10-9-22-7-4-16-30-28(22)27(25)21-14-17-31(18-15-21)26(32)13-8-20-5-2-1-3-6-20/h1-7,11-12,16,19,28,30H,8-10,13-15,17-18H2. The predicted molar refractivity (Wildman–Crippen MR) is 131 cm³/mol. The third-order valence-electron chi connectivity index (χ3n) is 6.94. The average Bonchev–Trinajstić information content (AvgIpc) is 3.00. The number of nitrogens with zero attached hydrogens (tertiary/aromatic N) is 1. The molecular formula is C28H29ClN2O. The summed E-state index contributed by atoms with van der Waals surface area (Å²) in [6, 6.07) is 16.8. The first kappa shape index (κ1) is 21.1. The summed E-state index contributed by atoms with van der Waals surface area (Å²) in [6.07, 6.45) is 11.7. The fraction of sp³-hybridized carbons (Fsp3) is 0.321. The zero-order valence-corrected chi connectivity index (χ0v) is 19.1. The molecular weight excluding hydrogens is 416 g/mol. The highest BCUT2D eigenvalue weighted by atomic mass is 35.5. The van der Waals surface area contributed by atoms with Gasteiger partial charge in [0, 0.05) is 24.5 Å². The number of piperidine rings is 1. The maximum atomic E-state index is 12.8. The monoisotopic (exact) mass is 444 g/mol. The lowest BCUT2D eigenvalue weighted by Crippen LogP contribution is -2.38. The van der Waals surface area contributed by atoms with Gasteiger partial charge in [-0.1, -0.05) is 59.6 Å². The molecule has 32 heavy (non-hydrogen) atoms. The van der Waals surface area contributed by atoms with Gasteiger partial charge in [-0.3, -0.25) is 4.79 Å². The van der Waals surface area contributed by atoms with Crippen LogP contribution in [0.4, 0.5) is 0 Å². The van der Waals surface area contributed by atoms with Gasteiger partial charge < -0.3 is 10.2 Å². The maximum Gasteiger partial charge on any atom is 0.222 e. The third-order valence-corrected chi connectivity index (χ3v) is 7.18. The third kappa shape index (κ3) is 4.40. The minimum Gasteiger partial charge on any atom is -0.380 e. The highest BCUT2D eigenvalue weighted by Gasteiger charge is 2.30. The van der Waals surface area contributed by atoms with Crippen LogP contribution in [0.1, 0.15) is 42.4 Å². The van der Waals surface area contributed by atoms with E-state index < -0.39 is 0 Å². The number of hydrogen-bond donors (Lipinski definition) is 1. The Hall–Kier alpha value is -2.78. The molecule has 0 radical (unpaired) electrons. The van der Waals surface area contributed by atoms with E-state index in [2.05, 4.69) is 52.8 Å². The summed E-state index contributed by atoms with van der Waals surface area (Å²) >= 11 is 6.34. The van der Waals surface area contributed by atoms with Crippen molar-refractivity contribution in [3.63, 3.8) is 0 Å². The van der Waals surface area contributed by atoms with Crippen LogP contribution < -0.4 is 5.32 Å².